The van der Waals surface area contributed by atoms with Crippen molar-refractivity contribution in [3.63, 3.8) is 0 Å². The summed E-state index contributed by atoms with van der Waals surface area (Å²) in [6.07, 6.45) is 5.87. The van der Waals surface area contributed by atoms with Crippen molar-refractivity contribution in [2.45, 2.75) is 44.1 Å². The highest BCUT2D eigenvalue weighted by molar-refractivity contribution is 6.77. The minimum atomic E-state index is -1.27. The van der Waals surface area contributed by atoms with Gasteiger partial charge in [0.25, 0.3) is 0 Å². The lowest BCUT2D eigenvalue weighted by Crippen LogP contribution is -2.40. The maximum absolute atomic E-state index is 11.5. The third kappa shape index (κ3) is 1.88. The summed E-state index contributed by atoms with van der Waals surface area (Å²) in [5, 5.41) is 0. The number of ether oxygens (including phenoxy) is 1. The van der Waals surface area contributed by atoms with Gasteiger partial charge in [-0.15, -0.1) is 0 Å². The molecule has 0 spiro atoms. The van der Waals surface area contributed by atoms with Gasteiger partial charge in [0.15, 0.2) is 0 Å². The van der Waals surface area contributed by atoms with E-state index in [1.54, 1.807) is 0 Å². The molecule has 2 rings (SSSR count). The Bertz CT molecular complexity index is 351. The molecule has 0 saturated carbocycles. The molecule has 0 unspecified atom stereocenters. The monoisotopic (exact) mass is 236 g/mol. The Kier molecular flexibility index (Phi) is 2.82. The Labute approximate surface area is 98.4 Å². The van der Waals surface area contributed by atoms with Gasteiger partial charge in [0.2, 0.25) is 0 Å². The fourth-order valence-corrected chi connectivity index (χ4v) is 4.99. The number of fused-ring (bicyclic) bond motifs is 1. The molecule has 0 radical (unpaired) electrons. The van der Waals surface area contributed by atoms with E-state index in [9.17, 15) is 4.79 Å². The summed E-state index contributed by atoms with van der Waals surface area (Å²) in [5.74, 6) is 0.239. The van der Waals surface area contributed by atoms with Crippen LogP contribution in [0.1, 0.15) is 12.8 Å². The number of rotatable bonds is 2. The van der Waals surface area contributed by atoms with Crippen LogP contribution in [0.3, 0.4) is 0 Å². The van der Waals surface area contributed by atoms with Crippen LogP contribution in [0, 0.1) is 5.92 Å². The van der Waals surface area contributed by atoms with Gasteiger partial charge in [-0.25, -0.2) is 0 Å². The van der Waals surface area contributed by atoms with Crippen molar-refractivity contribution in [1.29, 1.82) is 0 Å². The lowest BCUT2D eigenvalue weighted by Gasteiger charge is -2.38. The maximum Gasteiger partial charge on any atom is 0.306 e. The number of carbonyl (C=O) groups excluding carboxylic acids is 1. The van der Waals surface area contributed by atoms with Gasteiger partial charge in [0, 0.05) is 5.92 Å². The molecule has 3 heteroatoms. The molecule has 0 aromatic carbocycles. The molecule has 1 heterocycles. The second-order valence-electron chi connectivity index (χ2n) is 5.88. The van der Waals surface area contributed by atoms with Gasteiger partial charge < -0.3 is 4.74 Å². The first-order valence-corrected chi connectivity index (χ1v) is 9.53. The van der Waals surface area contributed by atoms with Crippen molar-refractivity contribution in [1.82, 2.24) is 0 Å². The number of allylic oxidation sites excluding steroid dienone is 2. The third-order valence-corrected chi connectivity index (χ3v) is 6.62. The maximum atomic E-state index is 11.5. The summed E-state index contributed by atoms with van der Waals surface area (Å²) in [5.41, 5.74) is 1.78. The highest BCUT2D eigenvalue weighted by Gasteiger charge is 2.47. The number of esters is 1. The van der Waals surface area contributed by atoms with E-state index in [4.69, 9.17) is 4.74 Å². The van der Waals surface area contributed by atoms with E-state index in [1.165, 1.54) is 5.57 Å². The standard InChI is InChI=1S/C13H20O2Si/c1-5-9-6-7-11(16(2,3)4)13-10(9)8-12(14)15-13/h5-6,10-11,13H,1,7-8H2,2-4H3/t10-,11+,13-/m1/s1. The molecule has 1 fully saturated rings. The Morgan fingerprint density at radius 1 is 1.50 bits per heavy atom. The molecule has 2 nitrogen and oxygen atoms in total. The number of carbonyl (C=O) groups is 1. The second-order valence-corrected chi connectivity index (χ2v) is 11.4. The summed E-state index contributed by atoms with van der Waals surface area (Å²) in [6.45, 7) is 10.9. The highest BCUT2D eigenvalue weighted by Crippen LogP contribution is 2.46. The first kappa shape index (κ1) is 11.6. The van der Waals surface area contributed by atoms with Gasteiger partial charge in [-0.2, -0.15) is 0 Å². The number of hydrogen-bond acceptors (Lipinski definition) is 2. The summed E-state index contributed by atoms with van der Waals surface area (Å²) in [4.78, 5) is 11.5. The molecule has 0 N–H and O–H groups in total. The summed E-state index contributed by atoms with van der Waals surface area (Å²) in [6, 6.07) is 0. The Morgan fingerprint density at radius 3 is 2.75 bits per heavy atom. The first-order valence-electron chi connectivity index (χ1n) is 5.95. The highest BCUT2D eigenvalue weighted by atomic mass is 28.3. The third-order valence-electron chi connectivity index (χ3n) is 3.83. The lowest BCUT2D eigenvalue weighted by atomic mass is 9.84. The van der Waals surface area contributed by atoms with Crippen LogP contribution in [0.15, 0.2) is 24.3 Å². The number of hydrogen-bond donors (Lipinski definition) is 0. The van der Waals surface area contributed by atoms with Gasteiger partial charge in [0.05, 0.1) is 14.5 Å². The summed E-state index contributed by atoms with van der Waals surface area (Å²) in [7, 11) is -1.27. The Balaban J connectivity index is 2.31. The smallest absolute Gasteiger partial charge is 0.306 e. The van der Waals surface area contributed by atoms with Crippen LogP contribution in [0.5, 0.6) is 0 Å². The van der Waals surface area contributed by atoms with Crippen molar-refractivity contribution in [2.24, 2.45) is 5.92 Å². The molecule has 0 amide bonds. The average Bonchev–Trinajstić information content (AvgIpc) is 2.55. The molecule has 2 aliphatic rings. The Hall–Kier alpha value is -0.833. The van der Waals surface area contributed by atoms with E-state index < -0.39 is 8.07 Å². The van der Waals surface area contributed by atoms with Gasteiger partial charge in [-0.1, -0.05) is 38.4 Å². The van der Waals surface area contributed by atoms with Gasteiger partial charge >= 0.3 is 5.97 Å². The molecule has 0 aromatic heterocycles. The van der Waals surface area contributed by atoms with Crippen molar-refractivity contribution in [3.05, 3.63) is 24.3 Å². The fourth-order valence-electron chi connectivity index (χ4n) is 2.88. The fraction of sp³-hybridized carbons (Fsp3) is 0.615. The zero-order chi connectivity index (χ0) is 11.9. The molecule has 3 atom stereocenters. The van der Waals surface area contributed by atoms with E-state index in [0.29, 0.717) is 12.0 Å². The van der Waals surface area contributed by atoms with E-state index in [0.717, 1.165) is 6.42 Å². The van der Waals surface area contributed by atoms with Gasteiger partial charge in [0.1, 0.15) is 6.10 Å². The van der Waals surface area contributed by atoms with E-state index in [2.05, 4.69) is 32.3 Å². The quantitative estimate of drug-likeness (QED) is 0.544. The molecule has 0 aromatic rings. The second kappa shape index (κ2) is 3.88. The molecule has 0 bridgehead atoms. The molecular weight excluding hydrogens is 216 g/mol. The molecule has 88 valence electrons. The van der Waals surface area contributed by atoms with Crippen molar-refractivity contribution in [3.8, 4) is 0 Å². The van der Waals surface area contributed by atoms with Crippen LogP contribution < -0.4 is 0 Å². The molecular formula is C13H20O2Si. The lowest BCUT2D eigenvalue weighted by molar-refractivity contribution is -0.141. The normalized spacial score (nSPS) is 34.1. The summed E-state index contributed by atoms with van der Waals surface area (Å²) >= 11 is 0. The van der Waals surface area contributed by atoms with Crippen LogP contribution in [0.2, 0.25) is 25.2 Å². The molecule has 1 aliphatic heterocycles. The minimum absolute atomic E-state index is 0.0344. The molecule has 1 aliphatic carbocycles. The topological polar surface area (TPSA) is 26.3 Å². The largest absolute Gasteiger partial charge is 0.462 e. The van der Waals surface area contributed by atoms with E-state index in [1.807, 2.05) is 6.08 Å². The van der Waals surface area contributed by atoms with Gasteiger partial charge in [-0.05, 0) is 17.5 Å². The minimum Gasteiger partial charge on any atom is -0.462 e. The summed E-state index contributed by atoms with van der Waals surface area (Å²) < 4.78 is 5.54. The SMILES string of the molecule is C=CC1=CC[C@H]([Si](C)(C)C)[C@@H]2OC(=O)C[C@H]12. The first-order chi connectivity index (χ1) is 7.43. The van der Waals surface area contributed by atoms with Crippen molar-refractivity contribution in [2.75, 3.05) is 0 Å². The van der Waals surface area contributed by atoms with Crippen LogP contribution in [-0.2, 0) is 9.53 Å². The van der Waals surface area contributed by atoms with Crippen LogP contribution in [0.25, 0.3) is 0 Å². The Morgan fingerprint density at radius 2 is 2.19 bits per heavy atom. The molecule has 1 saturated heterocycles. The average molecular weight is 236 g/mol. The zero-order valence-corrected chi connectivity index (χ0v) is 11.3. The van der Waals surface area contributed by atoms with Crippen molar-refractivity contribution >= 4 is 14.0 Å². The van der Waals surface area contributed by atoms with Crippen LogP contribution in [0.4, 0.5) is 0 Å². The van der Waals surface area contributed by atoms with Crippen molar-refractivity contribution < 1.29 is 9.53 Å². The van der Waals surface area contributed by atoms with E-state index >= 15 is 0 Å². The zero-order valence-electron chi connectivity index (χ0n) is 10.3. The predicted molar refractivity (Wildman–Crippen MR) is 68.0 cm³/mol. The molecule has 16 heavy (non-hydrogen) atoms. The predicted octanol–water partition coefficient (Wildman–Crippen LogP) is 3.14. The van der Waals surface area contributed by atoms with Crippen LogP contribution in [-0.4, -0.2) is 20.1 Å². The van der Waals surface area contributed by atoms with Gasteiger partial charge in [-0.3, -0.25) is 4.79 Å². The van der Waals surface area contributed by atoms with E-state index in [-0.39, 0.29) is 18.0 Å². The van der Waals surface area contributed by atoms with Crippen LogP contribution >= 0.6 is 0 Å².